The molecule has 0 aliphatic carbocycles. The molecule has 2 N–H and O–H groups in total. The van der Waals surface area contributed by atoms with Gasteiger partial charge in [-0.1, -0.05) is 12.1 Å². The van der Waals surface area contributed by atoms with Crippen molar-refractivity contribution < 1.29 is 9.47 Å². The molecule has 0 bridgehead atoms. The SMILES string of the molecule is CCOc1cc(CCCNC(=NC)NCCc2cn3ccccc3n2)ccc1OC.I. The lowest BCUT2D eigenvalue weighted by molar-refractivity contribution is 0.310. The zero-order valence-corrected chi connectivity index (χ0v) is 20.8. The van der Waals surface area contributed by atoms with E-state index in [0.29, 0.717) is 6.61 Å². The fourth-order valence-electron chi connectivity index (χ4n) is 3.28. The second-order valence-electron chi connectivity index (χ2n) is 6.90. The van der Waals surface area contributed by atoms with Crippen molar-refractivity contribution in [2.24, 2.45) is 4.99 Å². The summed E-state index contributed by atoms with van der Waals surface area (Å²) in [6, 6.07) is 12.1. The Bertz CT molecular complexity index is 941. The molecule has 0 saturated heterocycles. The van der Waals surface area contributed by atoms with Gasteiger partial charge in [-0.15, -0.1) is 24.0 Å². The van der Waals surface area contributed by atoms with Crippen LogP contribution < -0.4 is 20.1 Å². The quantitative estimate of drug-likeness (QED) is 0.179. The summed E-state index contributed by atoms with van der Waals surface area (Å²) >= 11 is 0. The van der Waals surface area contributed by atoms with Crippen LogP contribution in [-0.2, 0) is 12.8 Å². The molecule has 0 radical (unpaired) electrons. The van der Waals surface area contributed by atoms with Crippen LogP contribution in [0, 0.1) is 0 Å². The highest BCUT2D eigenvalue weighted by atomic mass is 127. The first-order chi connectivity index (χ1) is 14.7. The van der Waals surface area contributed by atoms with E-state index < -0.39 is 0 Å². The van der Waals surface area contributed by atoms with Crippen LogP contribution in [0.2, 0.25) is 0 Å². The third-order valence-electron chi connectivity index (χ3n) is 4.77. The number of nitrogens with zero attached hydrogens (tertiary/aromatic N) is 3. The minimum absolute atomic E-state index is 0. The van der Waals surface area contributed by atoms with Crippen molar-refractivity contribution in [2.75, 3.05) is 33.9 Å². The smallest absolute Gasteiger partial charge is 0.190 e. The van der Waals surface area contributed by atoms with Crippen molar-refractivity contribution in [1.82, 2.24) is 20.0 Å². The molecule has 0 aliphatic rings. The van der Waals surface area contributed by atoms with Crippen molar-refractivity contribution in [3.8, 4) is 11.5 Å². The third-order valence-corrected chi connectivity index (χ3v) is 4.77. The average Bonchev–Trinajstić information content (AvgIpc) is 3.18. The highest BCUT2D eigenvalue weighted by molar-refractivity contribution is 14.0. The van der Waals surface area contributed by atoms with Gasteiger partial charge in [0, 0.05) is 39.0 Å². The van der Waals surface area contributed by atoms with Gasteiger partial charge in [-0.25, -0.2) is 4.98 Å². The average molecular weight is 537 g/mol. The van der Waals surface area contributed by atoms with E-state index in [-0.39, 0.29) is 24.0 Å². The predicted molar refractivity (Wildman–Crippen MR) is 136 cm³/mol. The Kier molecular flexibility index (Phi) is 10.4. The second-order valence-corrected chi connectivity index (χ2v) is 6.90. The topological polar surface area (TPSA) is 72.2 Å². The number of aryl methyl sites for hydroxylation is 1. The number of ether oxygens (including phenoxy) is 2. The highest BCUT2D eigenvalue weighted by Gasteiger charge is 2.06. The molecule has 3 rings (SSSR count). The number of halogens is 1. The van der Waals surface area contributed by atoms with E-state index in [4.69, 9.17) is 9.47 Å². The van der Waals surface area contributed by atoms with Crippen molar-refractivity contribution in [3.63, 3.8) is 0 Å². The van der Waals surface area contributed by atoms with Gasteiger partial charge in [-0.05, 0) is 49.6 Å². The van der Waals surface area contributed by atoms with Crippen LogP contribution in [0.5, 0.6) is 11.5 Å². The minimum Gasteiger partial charge on any atom is -0.493 e. The zero-order valence-electron chi connectivity index (χ0n) is 18.4. The molecule has 0 spiro atoms. The molecule has 31 heavy (non-hydrogen) atoms. The van der Waals surface area contributed by atoms with Gasteiger partial charge in [0.1, 0.15) is 5.65 Å². The molecule has 0 aliphatic heterocycles. The summed E-state index contributed by atoms with van der Waals surface area (Å²) in [5, 5.41) is 6.73. The van der Waals surface area contributed by atoms with Crippen LogP contribution in [-0.4, -0.2) is 49.2 Å². The van der Waals surface area contributed by atoms with E-state index in [1.807, 2.05) is 41.8 Å². The summed E-state index contributed by atoms with van der Waals surface area (Å²) in [5.74, 6) is 2.38. The first-order valence-electron chi connectivity index (χ1n) is 10.4. The molecule has 0 amide bonds. The Hall–Kier alpha value is -2.49. The number of hydrogen-bond donors (Lipinski definition) is 2. The molecule has 2 aromatic heterocycles. The fraction of sp³-hybridized carbons (Fsp3) is 0.391. The number of guanidine groups is 1. The van der Waals surface area contributed by atoms with Gasteiger partial charge in [0.2, 0.25) is 0 Å². The number of rotatable bonds is 10. The summed E-state index contributed by atoms with van der Waals surface area (Å²) in [7, 11) is 3.45. The lowest BCUT2D eigenvalue weighted by Gasteiger charge is -2.13. The van der Waals surface area contributed by atoms with E-state index in [9.17, 15) is 0 Å². The molecule has 0 atom stereocenters. The lowest BCUT2D eigenvalue weighted by atomic mass is 10.1. The number of imidazole rings is 1. The minimum atomic E-state index is 0. The van der Waals surface area contributed by atoms with Crippen molar-refractivity contribution in [2.45, 2.75) is 26.2 Å². The standard InChI is InChI=1S/C23H31N5O2.HI/c1-4-30-21-16-18(10-11-20(21)29-3)8-7-13-25-23(24-2)26-14-12-19-17-28-15-6-5-9-22(28)27-19;/h5-6,9-11,15-17H,4,7-8,12-14H2,1-3H3,(H2,24,25,26);1H. The lowest BCUT2D eigenvalue weighted by Crippen LogP contribution is -2.38. The van der Waals surface area contributed by atoms with Gasteiger partial charge in [0.25, 0.3) is 0 Å². The summed E-state index contributed by atoms with van der Waals surface area (Å²) in [4.78, 5) is 8.92. The van der Waals surface area contributed by atoms with Crippen molar-refractivity contribution >= 4 is 35.6 Å². The van der Waals surface area contributed by atoms with Crippen LogP contribution in [0.4, 0.5) is 0 Å². The van der Waals surface area contributed by atoms with Crippen LogP contribution >= 0.6 is 24.0 Å². The molecule has 0 fully saturated rings. The van der Waals surface area contributed by atoms with Crippen LogP contribution in [0.25, 0.3) is 5.65 Å². The monoisotopic (exact) mass is 537 g/mol. The van der Waals surface area contributed by atoms with Gasteiger partial charge in [-0.3, -0.25) is 4.99 Å². The van der Waals surface area contributed by atoms with E-state index in [1.54, 1.807) is 14.2 Å². The van der Waals surface area contributed by atoms with Crippen molar-refractivity contribution in [1.29, 1.82) is 0 Å². The Morgan fingerprint density at radius 2 is 1.94 bits per heavy atom. The maximum absolute atomic E-state index is 5.65. The van der Waals surface area contributed by atoms with Gasteiger partial charge < -0.3 is 24.5 Å². The summed E-state index contributed by atoms with van der Waals surface area (Å²) in [6.45, 7) is 4.21. The number of fused-ring (bicyclic) bond motifs is 1. The van der Waals surface area contributed by atoms with Crippen LogP contribution in [0.1, 0.15) is 24.6 Å². The molecular formula is C23H32IN5O2. The normalized spacial score (nSPS) is 11.1. The third kappa shape index (κ3) is 7.30. The molecule has 0 unspecified atom stereocenters. The van der Waals surface area contributed by atoms with Crippen LogP contribution in [0.3, 0.4) is 0 Å². The molecular weight excluding hydrogens is 505 g/mol. The number of aliphatic imine (C=N–C) groups is 1. The second kappa shape index (κ2) is 13.0. The molecule has 2 heterocycles. The number of methoxy groups -OCH3 is 1. The number of benzene rings is 1. The van der Waals surface area contributed by atoms with Gasteiger partial charge in [-0.2, -0.15) is 0 Å². The molecule has 8 heteroatoms. The Morgan fingerprint density at radius 1 is 1.10 bits per heavy atom. The molecule has 3 aromatic rings. The van der Waals surface area contributed by atoms with Gasteiger partial charge in [0.15, 0.2) is 17.5 Å². The van der Waals surface area contributed by atoms with Crippen molar-refractivity contribution in [3.05, 3.63) is 60.0 Å². The van der Waals surface area contributed by atoms with Gasteiger partial charge in [0.05, 0.1) is 19.4 Å². The largest absolute Gasteiger partial charge is 0.493 e. The molecule has 0 saturated carbocycles. The van der Waals surface area contributed by atoms with Gasteiger partial charge >= 0.3 is 0 Å². The fourth-order valence-corrected chi connectivity index (χ4v) is 3.28. The number of pyridine rings is 1. The van der Waals surface area contributed by atoms with Crippen LogP contribution in [0.15, 0.2) is 53.8 Å². The Labute approximate surface area is 201 Å². The number of aromatic nitrogens is 2. The van der Waals surface area contributed by atoms with E-state index in [2.05, 4.69) is 38.9 Å². The summed E-state index contributed by atoms with van der Waals surface area (Å²) < 4.78 is 13.0. The van der Waals surface area contributed by atoms with E-state index >= 15 is 0 Å². The maximum Gasteiger partial charge on any atom is 0.190 e. The molecule has 7 nitrogen and oxygen atoms in total. The first-order valence-corrected chi connectivity index (χ1v) is 10.4. The highest BCUT2D eigenvalue weighted by Crippen LogP contribution is 2.28. The number of hydrogen-bond acceptors (Lipinski definition) is 4. The summed E-state index contributed by atoms with van der Waals surface area (Å²) in [6.07, 6.45) is 6.87. The Morgan fingerprint density at radius 3 is 2.68 bits per heavy atom. The Balaban J connectivity index is 0.00000341. The summed E-state index contributed by atoms with van der Waals surface area (Å²) in [5.41, 5.74) is 3.27. The number of nitrogens with one attached hydrogen (secondary N) is 2. The molecule has 168 valence electrons. The zero-order chi connectivity index (χ0) is 21.2. The predicted octanol–water partition coefficient (Wildman–Crippen LogP) is 3.70. The maximum atomic E-state index is 5.65. The molecule has 1 aromatic carbocycles. The van der Waals surface area contributed by atoms with E-state index in [1.165, 1.54) is 5.56 Å². The van der Waals surface area contributed by atoms with E-state index in [0.717, 1.165) is 61.2 Å². The first kappa shape index (κ1) is 24.8.